The normalized spacial score (nSPS) is 15.8. The second kappa shape index (κ2) is 10.8. The molecule has 1 amide bonds. The van der Waals surface area contributed by atoms with Crippen LogP contribution in [-0.4, -0.2) is 78.0 Å². The predicted molar refractivity (Wildman–Crippen MR) is 125 cm³/mol. The highest BCUT2D eigenvalue weighted by Crippen LogP contribution is 2.30. The minimum atomic E-state index is 0.0189. The molecule has 1 aliphatic heterocycles. The summed E-state index contributed by atoms with van der Waals surface area (Å²) < 4.78 is 7.22. The van der Waals surface area contributed by atoms with E-state index in [1.807, 2.05) is 23.1 Å². The van der Waals surface area contributed by atoms with E-state index < -0.39 is 0 Å². The fourth-order valence-corrected chi connectivity index (χ4v) is 4.17. The Kier molecular flexibility index (Phi) is 8.09. The van der Waals surface area contributed by atoms with Gasteiger partial charge in [-0.05, 0) is 38.9 Å². The van der Waals surface area contributed by atoms with Crippen molar-refractivity contribution in [2.75, 3.05) is 51.3 Å². The van der Waals surface area contributed by atoms with Crippen molar-refractivity contribution < 1.29 is 9.53 Å². The topological polar surface area (TPSA) is 53.8 Å². The molecule has 1 aliphatic rings. The summed E-state index contributed by atoms with van der Waals surface area (Å²) in [4.78, 5) is 19.7. The lowest BCUT2D eigenvalue weighted by Crippen LogP contribution is -2.47. The molecule has 1 atom stereocenters. The lowest BCUT2D eigenvalue weighted by molar-refractivity contribution is -0.138. The van der Waals surface area contributed by atoms with Crippen molar-refractivity contribution >= 4 is 11.7 Å². The Labute approximate surface area is 186 Å². The van der Waals surface area contributed by atoms with Gasteiger partial charge < -0.3 is 19.4 Å². The number of likely N-dealkylation sites (N-methyl/N-ethyl adjacent to an activating group) is 1. The van der Waals surface area contributed by atoms with Gasteiger partial charge in [-0.15, -0.1) is 0 Å². The maximum Gasteiger partial charge on any atom is 0.249 e. The van der Waals surface area contributed by atoms with E-state index in [1.54, 1.807) is 7.11 Å². The van der Waals surface area contributed by atoms with Gasteiger partial charge in [-0.1, -0.05) is 32.0 Å². The molecule has 7 nitrogen and oxygen atoms in total. The number of hydrogen-bond acceptors (Lipinski definition) is 5. The summed E-state index contributed by atoms with van der Waals surface area (Å²) in [6.07, 6.45) is 0.895. The molecule has 0 N–H and O–H groups in total. The van der Waals surface area contributed by atoms with E-state index in [2.05, 4.69) is 54.3 Å². The van der Waals surface area contributed by atoms with Crippen LogP contribution in [-0.2, 0) is 16.1 Å². The monoisotopic (exact) mass is 427 g/mol. The van der Waals surface area contributed by atoms with Gasteiger partial charge in [0.1, 0.15) is 12.4 Å². The number of para-hydroxylation sites is 1. The molecule has 1 aromatic carbocycles. The Morgan fingerprint density at radius 3 is 2.42 bits per heavy atom. The molecule has 2 heterocycles. The molecule has 7 heteroatoms. The average molecular weight is 428 g/mol. The van der Waals surface area contributed by atoms with Crippen molar-refractivity contribution in [1.82, 2.24) is 19.6 Å². The zero-order chi connectivity index (χ0) is 22.4. The fourth-order valence-electron chi connectivity index (χ4n) is 4.17. The molecule has 0 aliphatic carbocycles. The Morgan fingerprint density at radius 2 is 1.84 bits per heavy atom. The number of anilines is 1. The lowest BCUT2D eigenvalue weighted by Gasteiger charge is -2.37. The van der Waals surface area contributed by atoms with Crippen LogP contribution < -0.4 is 4.90 Å². The molecule has 1 fully saturated rings. The number of piperazine rings is 1. The summed E-state index contributed by atoms with van der Waals surface area (Å²) in [6, 6.07) is 10.4. The Hall–Kier alpha value is -2.38. The highest BCUT2D eigenvalue weighted by atomic mass is 16.5. The molecule has 0 saturated carbocycles. The molecule has 1 saturated heterocycles. The van der Waals surface area contributed by atoms with E-state index in [0.717, 1.165) is 61.9 Å². The van der Waals surface area contributed by atoms with Gasteiger partial charge in [0.05, 0.1) is 17.9 Å². The summed E-state index contributed by atoms with van der Waals surface area (Å²) >= 11 is 0. The zero-order valence-electron chi connectivity index (χ0n) is 19.7. The largest absolute Gasteiger partial charge is 0.375 e. The van der Waals surface area contributed by atoms with Crippen molar-refractivity contribution in [3.8, 4) is 5.69 Å². The summed E-state index contributed by atoms with van der Waals surface area (Å²) in [5, 5.41) is 4.93. The second-order valence-electron chi connectivity index (χ2n) is 8.27. The molecule has 170 valence electrons. The minimum absolute atomic E-state index is 0.0189. The minimum Gasteiger partial charge on any atom is -0.375 e. The van der Waals surface area contributed by atoms with Gasteiger partial charge in [0.2, 0.25) is 5.91 Å². The van der Waals surface area contributed by atoms with Gasteiger partial charge in [0.25, 0.3) is 0 Å². The molecule has 0 spiro atoms. The van der Waals surface area contributed by atoms with Gasteiger partial charge in [-0.3, -0.25) is 4.79 Å². The van der Waals surface area contributed by atoms with Crippen molar-refractivity contribution in [2.24, 2.45) is 0 Å². The van der Waals surface area contributed by atoms with E-state index in [-0.39, 0.29) is 18.6 Å². The van der Waals surface area contributed by atoms with Gasteiger partial charge in [0, 0.05) is 44.9 Å². The van der Waals surface area contributed by atoms with Crippen LogP contribution in [0.1, 0.15) is 38.4 Å². The number of aryl methyl sites for hydroxylation is 1. The number of methoxy groups -OCH3 is 1. The lowest BCUT2D eigenvalue weighted by atomic mass is 10.1. The van der Waals surface area contributed by atoms with Crippen LogP contribution in [0.25, 0.3) is 5.69 Å². The number of ether oxygens (including phenoxy) is 1. The summed E-state index contributed by atoms with van der Waals surface area (Å²) in [6.45, 7) is 14.2. The molecular formula is C24H37N5O2. The van der Waals surface area contributed by atoms with Gasteiger partial charge in [-0.25, -0.2) is 4.68 Å². The molecule has 1 unspecified atom stereocenters. The van der Waals surface area contributed by atoms with Crippen molar-refractivity contribution in [3.05, 3.63) is 41.6 Å². The Morgan fingerprint density at radius 1 is 1.16 bits per heavy atom. The summed E-state index contributed by atoms with van der Waals surface area (Å²) in [5.41, 5.74) is 3.14. The number of carbonyl (C=O) groups excluding carboxylic acids is 1. The summed E-state index contributed by atoms with van der Waals surface area (Å²) in [5.74, 6) is 1.13. The van der Waals surface area contributed by atoms with Crippen LogP contribution in [0.3, 0.4) is 0 Å². The SMILES string of the molecule is CCC(C)N(Cc1c(C)nn(-c2ccccc2)c1N1CCN(CC)CC1)C(=O)COC. The maximum atomic E-state index is 12.9. The number of rotatable bonds is 9. The van der Waals surface area contributed by atoms with Crippen LogP contribution in [0.2, 0.25) is 0 Å². The standard InChI is InChI=1S/C24H37N5O2/c1-6-19(3)28(23(30)18-31-5)17-22-20(4)25-29(21-11-9-8-10-12-21)24(22)27-15-13-26(7-2)14-16-27/h8-12,19H,6-7,13-18H2,1-5H3. The first-order chi connectivity index (χ1) is 15.0. The number of benzene rings is 1. The first-order valence-corrected chi connectivity index (χ1v) is 11.4. The third-order valence-corrected chi connectivity index (χ3v) is 6.32. The first kappa shape index (κ1) is 23.3. The average Bonchev–Trinajstić information content (AvgIpc) is 3.13. The van der Waals surface area contributed by atoms with Gasteiger partial charge in [0.15, 0.2) is 0 Å². The van der Waals surface area contributed by atoms with Crippen LogP contribution >= 0.6 is 0 Å². The maximum absolute atomic E-state index is 12.9. The molecule has 3 rings (SSSR count). The second-order valence-corrected chi connectivity index (χ2v) is 8.27. The van der Waals surface area contributed by atoms with E-state index >= 15 is 0 Å². The zero-order valence-corrected chi connectivity index (χ0v) is 19.7. The third-order valence-electron chi connectivity index (χ3n) is 6.32. The molecular weight excluding hydrogens is 390 g/mol. The highest BCUT2D eigenvalue weighted by Gasteiger charge is 2.28. The summed E-state index contributed by atoms with van der Waals surface area (Å²) in [7, 11) is 1.57. The molecule has 0 bridgehead atoms. The highest BCUT2D eigenvalue weighted by molar-refractivity contribution is 5.78. The van der Waals surface area contributed by atoms with Gasteiger partial charge >= 0.3 is 0 Å². The number of amides is 1. The third kappa shape index (κ3) is 5.28. The van der Waals surface area contributed by atoms with E-state index in [4.69, 9.17) is 9.84 Å². The van der Waals surface area contributed by atoms with Crippen LogP contribution in [0.15, 0.2) is 30.3 Å². The first-order valence-electron chi connectivity index (χ1n) is 11.4. The van der Waals surface area contributed by atoms with Crippen LogP contribution in [0.5, 0.6) is 0 Å². The number of aromatic nitrogens is 2. The van der Waals surface area contributed by atoms with E-state index in [9.17, 15) is 4.79 Å². The number of carbonyl (C=O) groups is 1. The van der Waals surface area contributed by atoms with Crippen LogP contribution in [0, 0.1) is 6.92 Å². The van der Waals surface area contributed by atoms with E-state index in [0.29, 0.717) is 6.54 Å². The van der Waals surface area contributed by atoms with Crippen molar-refractivity contribution in [2.45, 2.75) is 46.7 Å². The molecule has 31 heavy (non-hydrogen) atoms. The predicted octanol–water partition coefficient (Wildman–Crippen LogP) is 3.10. The van der Waals surface area contributed by atoms with Crippen molar-refractivity contribution in [1.29, 1.82) is 0 Å². The Balaban J connectivity index is 2.02. The fraction of sp³-hybridized carbons (Fsp3) is 0.583. The Bertz CT molecular complexity index is 843. The molecule has 0 radical (unpaired) electrons. The number of nitrogens with zero attached hydrogens (tertiary/aromatic N) is 5. The molecule has 1 aromatic heterocycles. The van der Waals surface area contributed by atoms with E-state index in [1.165, 1.54) is 0 Å². The van der Waals surface area contributed by atoms with Crippen molar-refractivity contribution in [3.63, 3.8) is 0 Å². The quantitative estimate of drug-likeness (QED) is 0.616. The molecule has 2 aromatic rings. The number of hydrogen-bond donors (Lipinski definition) is 0. The van der Waals surface area contributed by atoms with Gasteiger partial charge in [-0.2, -0.15) is 5.10 Å². The smallest absolute Gasteiger partial charge is 0.249 e. The van der Waals surface area contributed by atoms with Crippen LogP contribution in [0.4, 0.5) is 5.82 Å².